The minimum absolute atomic E-state index is 0.661. The molecule has 50 heavy (non-hydrogen) atoms. The largest absolute Gasteiger partial charge is 0.455 e. The lowest BCUT2D eigenvalue weighted by Gasteiger charge is -2.18. The second-order valence-electron chi connectivity index (χ2n) is 12.9. The lowest BCUT2D eigenvalue weighted by atomic mass is 9.91. The maximum absolute atomic E-state index is 6.54. The van der Waals surface area contributed by atoms with Crippen LogP contribution in [0.4, 0.5) is 0 Å². The number of hydrogen-bond donors (Lipinski definition) is 0. The molecule has 0 fully saturated rings. The van der Waals surface area contributed by atoms with E-state index in [1.54, 1.807) is 0 Å². The fourth-order valence-electron chi connectivity index (χ4n) is 8.05. The van der Waals surface area contributed by atoms with Crippen LogP contribution in [-0.2, 0) is 0 Å². The normalized spacial score (nSPS) is 12.0. The zero-order valence-electron chi connectivity index (χ0n) is 26.8. The van der Waals surface area contributed by atoms with Crippen molar-refractivity contribution in [1.29, 1.82) is 0 Å². The molecule has 0 spiro atoms. The molecule has 0 aliphatic carbocycles. The molecule has 0 saturated carbocycles. The minimum Gasteiger partial charge on any atom is -0.455 e. The van der Waals surface area contributed by atoms with Crippen molar-refractivity contribution in [2.24, 2.45) is 0 Å². The van der Waals surface area contributed by atoms with Crippen LogP contribution in [0.5, 0.6) is 0 Å². The van der Waals surface area contributed by atoms with E-state index in [1.165, 1.54) is 21.9 Å². The highest BCUT2D eigenvalue weighted by Gasteiger charge is 2.29. The first-order valence-electron chi connectivity index (χ1n) is 16.9. The first kappa shape index (κ1) is 27.2. The molecule has 4 nitrogen and oxygen atoms in total. The van der Waals surface area contributed by atoms with Crippen LogP contribution in [0.2, 0.25) is 0 Å². The summed E-state index contributed by atoms with van der Waals surface area (Å²) < 4.78 is 8.91. The van der Waals surface area contributed by atoms with Gasteiger partial charge in [-0.1, -0.05) is 152 Å². The van der Waals surface area contributed by atoms with E-state index in [1.807, 2.05) is 12.1 Å². The van der Waals surface area contributed by atoms with Gasteiger partial charge < -0.3 is 4.42 Å². The number of fused-ring (bicyclic) bond motifs is 11. The molecular weight excluding hydrogens is 611 g/mol. The van der Waals surface area contributed by atoms with Gasteiger partial charge >= 0.3 is 0 Å². The van der Waals surface area contributed by atoms with Crippen LogP contribution in [0, 0.1) is 0 Å². The fourth-order valence-corrected chi connectivity index (χ4v) is 8.05. The quantitative estimate of drug-likeness (QED) is 0.194. The first-order chi connectivity index (χ1) is 24.8. The van der Waals surface area contributed by atoms with Crippen molar-refractivity contribution in [3.8, 4) is 61.8 Å². The summed E-state index contributed by atoms with van der Waals surface area (Å²) in [5.74, 6) is 1.53. The lowest BCUT2D eigenvalue weighted by Crippen LogP contribution is -2.06. The van der Waals surface area contributed by atoms with Crippen LogP contribution >= 0.6 is 0 Å². The number of rotatable bonds is 3. The van der Waals surface area contributed by atoms with Crippen LogP contribution in [0.3, 0.4) is 0 Å². The molecule has 232 valence electrons. The summed E-state index contributed by atoms with van der Waals surface area (Å²) in [6, 6.07) is 57.6. The summed E-state index contributed by atoms with van der Waals surface area (Å²) in [5.41, 5.74) is 13.4. The van der Waals surface area contributed by atoms with Gasteiger partial charge in [-0.2, -0.15) is 0 Å². The Labute approximate surface area is 287 Å². The molecule has 1 aliphatic heterocycles. The number of hydrogen-bond acceptors (Lipinski definition) is 3. The van der Waals surface area contributed by atoms with Gasteiger partial charge in [-0.15, -0.1) is 0 Å². The van der Waals surface area contributed by atoms with Crippen LogP contribution in [0.25, 0.3) is 106 Å². The molecular formula is C46H27N3O. The van der Waals surface area contributed by atoms with E-state index in [9.17, 15) is 0 Å². The van der Waals surface area contributed by atoms with Crippen molar-refractivity contribution in [3.63, 3.8) is 0 Å². The van der Waals surface area contributed by atoms with Crippen molar-refractivity contribution in [2.45, 2.75) is 0 Å². The minimum atomic E-state index is 0.661. The number of nitrogens with zero attached hydrogens (tertiary/aromatic N) is 3. The lowest BCUT2D eigenvalue weighted by molar-refractivity contribution is 0.670. The number of furan rings is 1. The average molecular weight is 638 g/mol. The van der Waals surface area contributed by atoms with Crippen molar-refractivity contribution in [1.82, 2.24) is 14.5 Å². The molecule has 4 heterocycles. The van der Waals surface area contributed by atoms with Crippen molar-refractivity contribution >= 4 is 43.7 Å². The summed E-state index contributed by atoms with van der Waals surface area (Å²) in [4.78, 5) is 11.1. The highest BCUT2D eigenvalue weighted by atomic mass is 16.3. The van der Waals surface area contributed by atoms with E-state index in [2.05, 4.69) is 156 Å². The maximum Gasteiger partial charge on any atom is 0.162 e. The monoisotopic (exact) mass is 637 g/mol. The first-order valence-corrected chi connectivity index (χ1v) is 16.9. The molecule has 0 N–H and O–H groups in total. The second-order valence-corrected chi connectivity index (χ2v) is 12.9. The van der Waals surface area contributed by atoms with Crippen molar-refractivity contribution < 1.29 is 4.42 Å². The zero-order chi connectivity index (χ0) is 32.8. The topological polar surface area (TPSA) is 43.9 Å². The molecule has 3 aromatic heterocycles. The van der Waals surface area contributed by atoms with Gasteiger partial charge in [-0.3, -0.25) is 4.57 Å². The molecule has 0 atom stereocenters. The van der Waals surface area contributed by atoms with Crippen LogP contribution in [-0.4, -0.2) is 14.5 Å². The van der Waals surface area contributed by atoms with E-state index < -0.39 is 0 Å². The maximum atomic E-state index is 6.54. The fraction of sp³-hybridized carbons (Fsp3) is 0. The Hall–Kier alpha value is -6.78. The number of benzene rings is 7. The number of aromatic nitrogens is 3. The van der Waals surface area contributed by atoms with E-state index in [-0.39, 0.29) is 0 Å². The summed E-state index contributed by atoms with van der Waals surface area (Å²) in [6.07, 6.45) is 0. The highest BCUT2D eigenvalue weighted by Crippen LogP contribution is 2.49. The Kier molecular flexibility index (Phi) is 5.63. The predicted octanol–water partition coefficient (Wildman–Crippen LogP) is 12.1. The predicted molar refractivity (Wildman–Crippen MR) is 204 cm³/mol. The van der Waals surface area contributed by atoms with Gasteiger partial charge in [0.2, 0.25) is 0 Å². The molecule has 7 aromatic carbocycles. The Morgan fingerprint density at radius 1 is 0.420 bits per heavy atom. The van der Waals surface area contributed by atoms with E-state index in [4.69, 9.17) is 14.4 Å². The van der Waals surface area contributed by atoms with Gasteiger partial charge in [0.25, 0.3) is 0 Å². The van der Waals surface area contributed by atoms with Crippen LogP contribution in [0.1, 0.15) is 0 Å². The highest BCUT2D eigenvalue weighted by molar-refractivity contribution is 6.17. The molecule has 0 amide bonds. The van der Waals surface area contributed by atoms with Crippen LogP contribution < -0.4 is 0 Å². The van der Waals surface area contributed by atoms with Gasteiger partial charge in [-0.05, 0) is 28.8 Å². The van der Waals surface area contributed by atoms with Crippen molar-refractivity contribution in [3.05, 3.63) is 164 Å². The standard InChI is InChI=1S/C46H27N3O/c1-2-14-28(15-3-1)42-41-33-20-6-4-16-29(33)34-22-12-23-35-31-18-8-10-26-39(31)49(43(34)35)46(41)48-45(47-42)38-21-7-5-17-30(38)36-24-13-25-37-32-19-9-11-27-40(32)50-44(36)37/h1-27H. The average Bonchev–Trinajstić information content (AvgIpc) is 3.70. The molecule has 10 aromatic rings. The molecule has 0 unspecified atom stereocenters. The van der Waals surface area contributed by atoms with Gasteiger partial charge in [0.15, 0.2) is 5.82 Å². The Balaban J connectivity index is 1.29. The number of para-hydroxylation sites is 4. The van der Waals surface area contributed by atoms with Gasteiger partial charge in [0, 0.05) is 43.8 Å². The summed E-state index contributed by atoms with van der Waals surface area (Å²) >= 11 is 0. The molecule has 0 bridgehead atoms. The summed E-state index contributed by atoms with van der Waals surface area (Å²) in [5, 5.41) is 4.61. The smallest absolute Gasteiger partial charge is 0.162 e. The zero-order valence-corrected chi connectivity index (χ0v) is 26.8. The van der Waals surface area contributed by atoms with Gasteiger partial charge in [0.1, 0.15) is 17.0 Å². The summed E-state index contributed by atoms with van der Waals surface area (Å²) in [6.45, 7) is 0. The molecule has 0 radical (unpaired) electrons. The SMILES string of the molecule is c1ccc(-c2nc(-c3ccccc3-c3cccc4c3oc3ccccc34)nc3c2-c2ccccc2-c2cccc4c5ccccc5n-3c24)cc1. The molecule has 0 saturated heterocycles. The Morgan fingerprint density at radius 3 is 1.86 bits per heavy atom. The molecule has 4 heteroatoms. The second kappa shape index (κ2) is 10.4. The Bertz CT molecular complexity index is 2990. The van der Waals surface area contributed by atoms with E-state index in [0.29, 0.717) is 5.82 Å². The van der Waals surface area contributed by atoms with Gasteiger partial charge in [0.05, 0.1) is 22.3 Å². The van der Waals surface area contributed by atoms with E-state index >= 15 is 0 Å². The van der Waals surface area contributed by atoms with Crippen molar-refractivity contribution in [2.75, 3.05) is 0 Å². The third-order valence-electron chi connectivity index (χ3n) is 10.2. The van der Waals surface area contributed by atoms with Gasteiger partial charge in [-0.25, -0.2) is 9.97 Å². The third-order valence-corrected chi connectivity index (χ3v) is 10.2. The van der Waals surface area contributed by atoms with E-state index in [0.717, 1.165) is 77.9 Å². The molecule has 11 rings (SSSR count). The Morgan fingerprint density at radius 2 is 1.02 bits per heavy atom. The third kappa shape index (κ3) is 3.76. The van der Waals surface area contributed by atoms with Crippen LogP contribution in [0.15, 0.2) is 168 Å². The molecule has 1 aliphatic rings. The summed E-state index contributed by atoms with van der Waals surface area (Å²) in [7, 11) is 0.